The summed E-state index contributed by atoms with van der Waals surface area (Å²) in [7, 11) is 0. The number of nitrogens with one attached hydrogen (secondary N) is 1. The van der Waals surface area contributed by atoms with E-state index in [1.165, 1.54) is 19.3 Å². The van der Waals surface area contributed by atoms with Crippen LogP contribution in [0.4, 0.5) is 4.79 Å². The third-order valence-corrected chi connectivity index (χ3v) is 6.41. The highest BCUT2D eigenvalue weighted by atomic mass is 127. The molecule has 3 amide bonds. The van der Waals surface area contributed by atoms with Crippen LogP contribution in [0.15, 0.2) is 0 Å². The van der Waals surface area contributed by atoms with Gasteiger partial charge in [-0.2, -0.15) is 0 Å². The van der Waals surface area contributed by atoms with E-state index in [1.54, 1.807) is 0 Å². The van der Waals surface area contributed by atoms with Gasteiger partial charge < -0.3 is 10.2 Å². The van der Waals surface area contributed by atoms with Gasteiger partial charge in [0.2, 0.25) is 0 Å². The maximum atomic E-state index is 11.9. The van der Waals surface area contributed by atoms with Gasteiger partial charge in [0.15, 0.2) is 0 Å². The highest BCUT2D eigenvalue weighted by molar-refractivity contribution is 14.2. The molecule has 146 valence electrons. The molecule has 8 nitrogen and oxygen atoms in total. The van der Waals surface area contributed by atoms with Gasteiger partial charge in [-0.15, -0.1) is 5.06 Å². The van der Waals surface area contributed by atoms with Crippen molar-refractivity contribution >= 4 is 46.4 Å². The van der Waals surface area contributed by atoms with Crippen molar-refractivity contribution in [1.29, 1.82) is 0 Å². The van der Waals surface area contributed by atoms with Gasteiger partial charge in [-0.25, -0.2) is 4.79 Å². The molecule has 2 atom stereocenters. The lowest BCUT2D eigenvalue weighted by molar-refractivity contribution is -0.197. The first-order valence-electron chi connectivity index (χ1n) is 8.93. The second-order valence-corrected chi connectivity index (χ2v) is 9.07. The van der Waals surface area contributed by atoms with Crippen LogP contribution >= 0.6 is 20.7 Å². The molecule has 0 bridgehead atoms. The van der Waals surface area contributed by atoms with Crippen LogP contribution < -0.4 is 5.32 Å². The summed E-state index contributed by atoms with van der Waals surface area (Å²) in [6.07, 6.45) is 3.72. The second-order valence-electron chi connectivity index (χ2n) is 6.58. The lowest BCUT2D eigenvalue weighted by Gasteiger charge is -2.38. The van der Waals surface area contributed by atoms with Gasteiger partial charge in [0, 0.05) is 38.0 Å². The van der Waals surface area contributed by atoms with E-state index in [1.807, 2.05) is 0 Å². The van der Waals surface area contributed by atoms with Crippen molar-refractivity contribution in [3.8, 4) is 0 Å². The number of hydrogen-bond acceptors (Lipinski definition) is 6. The molecule has 0 aromatic heterocycles. The first-order chi connectivity index (χ1) is 12.4. The molecular weight excluding hydrogens is 453 g/mol. The highest BCUT2D eigenvalue weighted by Crippen LogP contribution is 2.21. The monoisotopic (exact) mass is 479 g/mol. The molecule has 0 aromatic rings. The molecular formula is C17H26IN3O5. The average molecular weight is 479 g/mol. The molecule has 2 saturated heterocycles. The van der Waals surface area contributed by atoms with Crippen molar-refractivity contribution in [3.05, 3.63) is 0 Å². The number of hydrogen-bond donors (Lipinski definition) is 1. The lowest BCUT2D eigenvalue weighted by atomic mass is 9.98. The predicted molar refractivity (Wildman–Crippen MR) is 105 cm³/mol. The molecule has 1 N–H and O–H groups in total. The largest absolute Gasteiger partial charge is 0.347 e. The van der Waals surface area contributed by atoms with Gasteiger partial charge in [-0.3, -0.25) is 19.3 Å². The van der Waals surface area contributed by atoms with Crippen molar-refractivity contribution in [3.63, 3.8) is 0 Å². The minimum Gasteiger partial charge on any atom is -0.347 e. The van der Waals surface area contributed by atoms with Crippen LogP contribution in [0.2, 0.25) is 0 Å². The van der Waals surface area contributed by atoms with E-state index >= 15 is 0 Å². The molecule has 0 saturated carbocycles. The molecule has 2 heterocycles. The van der Waals surface area contributed by atoms with Gasteiger partial charge in [0.25, 0.3) is 15.7 Å². The van der Waals surface area contributed by atoms with Crippen LogP contribution in [0.5, 0.6) is 0 Å². The zero-order valence-corrected chi connectivity index (χ0v) is 17.4. The molecule has 0 spiro atoms. The maximum absolute atomic E-state index is 11.9. The number of nitrogens with zero attached hydrogens (tertiary/aromatic N) is 2. The van der Waals surface area contributed by atoms with Crippen molar-refractivity contribution < 1.29 is 24.0 Å². The van der Waals surface area contributed by atoms with Gasteiger partial charge >= 0.3 is 5.97 Å². The molecule has 2 rings (SSSR count). The van der Waals surface area contributed by atoms with Crippen molar-refractivity contribution in [2.75, 3.05) is 13.1 Å². The Labute approximate surface area is 163 Å². The van der Waals surface area contributed by atoms with Crippen molar-refractivity contribution in [1.82, 2.24) is 15.3 Å². The van der Waals surface area contributed by atoms with Crippen LogP contribution in [-0.2, 0) is 19.2 Å². The smallest absolute Gasteiger partial charge is 0.334 e. The standard InChI is InChI=1S/C17H26IN3O5/c1-12-4-3-5-13(2)20(12)11-9-18-17(25)19-10-8-16(24)26-21-14(22)6-7-15(21)23/h9,12-13H,3-8,10-11H2,1-2H3,(H,19,25). The minimum absolute atomic E-state index is 0.0535. The minimum atomic E-state index is -0.752. The zero-order valence-electron chi connectivity index (χ0n) is 15.2. The van der Waals surface area contributed by atoms with E-state index < -0.39 is 38.5 Å². The van der Waals surface area contributed by atoms with E-state index in [0.29, 0.717) is 17.1 Å². The molecule has 2 aliphatic rings. The molecule has 0 aromatic carbocycles. The Balaban J connectivity index is 1.64. The fourth-order valence-corrected chi connectivity index (χ4v) is 4.67. The van der Waals surface area contributed by atoms with Crippen molar-refractivity contribution in [2.24, 2.45) is 0 Å². The lowest BCUT2D eigenvalue weighted by Crippen LogP contribution is -2.44. The predicted octanol–water partition coefficient (Wildman–Crippen LogP) is 1.73. The third kappa shape index (κ3) is 6.11. The Morgan fingerprint density at radius 1 is 1.19 bits per heavy atom. The average Bonchev–Trinajstić information content (AvgIpc) is 2.89. The molecule has 2 fully saturated rings. The summed E-state index contributed by atoms with van der Waals surface area (Å²) in [5, 5.41) is 3.21. The van der Waals surface area contributed by atoms with Crippen LogP contribution in [-0.4, -0.2) is 60.8 Å². The number of carbonyl (C=O) groups is 4. The molecule has 9 heteroatoms. The number of rotatable bonds is 7. The van der Waals surface area contributed by atoms with Crippen LogP contribution in [0.25, 0.3) is 0 Å². The quantitative estimate of drug-likeness (QED) is 0.259. The number of piperidine rings is 1. The maximum Gasteiger partial charge on any atom is 0.334 e. The number of likely N-dealkylation sites (tertiary alicyclic amines) is 1. The third-order valence-electron chi connectivity index (χ3n) is 4.62. The van der Waals surface area contributed by atoms with Gasteiger partial charge in [-0.05, 0) is 51.4 Å². The van der Waals surface area contributed by atoms with Crippen LogP contribution in [0.3, 0.4) is 0 Å². The number of carbonyl (C=O) groups excluding carboxylic acids is 4. The van der Waals surface area contributed by atoms with E-state index in [0.717, 1.165) is 6.54 Å². The Hall–Kier alpha value is -1.36. The number of amides is 3. The number of halogens is 1. The topological polar surface area (TPSA) is 96.0 Å². The highest BCUT2D eigenvalue weighted by Gasteiger charge is 2.32. The summed E-state index contributed by atoms with van der Waals surface area (Å²) in [4.78, 5) is 53.4. The SMILES string of the molecule is CC1CCCC(C)N1CC=IC(=O)NCCC(=O)ON1C(=O)CCC1=O. The Kier molecular flexibility index (Phi) is 8.14. The Bertz CT molecular complexity index is 569. The first-order valence-corrected chi connectivity index (χ1v) is 11.3. The molecule has 2 aliphatic heterocycles. The normalized spacial score (nSPS) is 24.6. The fourth-order valence-electron chi connectivity index (χ4n) is 3.13. The Morgan fingerprint density at radius 2 is 1.81 bits per heavy atom. The summed E-state index contributed by atoms with van der Waals surface area (Å²) in [6, 6.07) is 1.10. The fraction of sp³-hybridized carbons (Fsp3) is 0.706. The van der Waals surface area contributed by atoms with Gasteiger partial charge in [-0.1, -0.05) is 6.42 Å². The molecule has 0 radical (unpaired) electrons. The van der Waals surface area contributed by atoms with Gasteiger partial charge in [0.1, 0.15) is 0 Å². The summed E-state index contributed by atoms with van der Waals surface area (Å²) >= 11 is -0.752. The zero-order chi connectivity index (χ0) is 19.1. The number of hydroxylamine groups is 2. The summed E-state index contributed by atoms with van der Waals surface area (Å²) < 4.78 is 2.01. The molecule has 2 unspecified atom stereocenters. The van der Waals surface area contributed by atoms with E-state index in [-0.39, 0.29) is 29.7 Å². The van der Waals surface area contributed by atoms with Crippen LogP contribution in [0.1, 0.15) is 52.4 Å². The Morgan fingerprint density at radius 3 is 2.42 bits per heavy atom. The number of imide groups is 1. The van der Waals surface area contributed by atoms with E-state index in [2.05, 4.69) is 28.1 Å². The van der Waals surface area contributed by atoms with E-state index in [9.17, 15) is 19.2 Å². The van der Waals surface area contributed by atoms with E-state index in [4.69, 9.17) is 4.84 Å². The van der Waals surface area contributed by atoms with Crippen LogP contribution in [0, 0.1) is 0 Å². The first kappa shape index (κ1) is 20.9. The summed E-state index contributed by atoms with van der Waals surface area (Å²) in [6.45, 7) is 5.41. The molecule has 26 heavy (non-hydrogen) atoms. The summed E-state index contributed by atoms with van der Waals surface area (Å²) in [5.74, 6) is -1.71. The second kappa shape index (κ2) is 10.1. The van der Waals surface area contributed by atoms with Gasteiger partial charge in [0.05, 0.1) is 6.42 Å². The summed E-state index contributed by atoms with van der Waals surface area (Å²) in [5.41, 5.74) is 0. The molecule has 0 aliphatic carbocycles. The van der Waals surface area contributed by atoms with Crippen molar-refractivity contribution in [2.45, 2.75) is 64.5 Å².